The van der Waals surface area contributed by atoms with Gasteiger partial charge < -0.3 is 34.9 Å². The van der Waals surface area contributed by atoms with E-state index < -0.39 is 46.5 Å². The summed E-state index contributed by atoms with van der Waals surface area (Å²) in [7, 11) is 0. The van der Waals surface area contributed by atoms with Crippen LogP contribution < -0.4 is 16.0 Å². The monoisotopic (exact) mass is 747 g/mol. The number of hydrogen-bond donors (Lipinski definition) is 3. The third kappa shape index (κ3) is 10.6. The highest BCUT2D eigenvalue weighted by Gasteiger charge is 2.40. The molecule has 0 saturated carbocycles. The molecule has 13 heteroatoms. The second-order valence-corrected chi connectivity index (χ2v) is 15.2. The van der Waals surface area contributed by atoms with Crippen molar-refractivity contribution in [3.05, 3.63) is 120 Å². The number of alkyl carbamates (subject to hydrolysis) is 1. The number of rotatable bonds is 13. The Morgan fingerprint density at radius 3 is 2.09 bits per heavy atom. The smallest absolute Gasteiger partial charge is 0.408 e. The molecule has 2 heterocycles. The van der Waals surface area contributed by atoms with E-state index >= 15 is 0 Å². The molecule has 1 aliphatic rings. The lowest BCUT2D eigenvalue weighted by Crippen LogP contribution is -2.59. The number of nitriles is 1. The van der Waals surface area contributed by atoms with E-state index in [-0.39, 0.29) is 24.9 Å². The summed E-state index contributed by atoms with van der Waals surface area (Å²) >= 11 is 0. The van der Waals surface area contributed by atoms with Gasteiger partial charge in [0.2, 0.25) is 11.8 Å². The molecule has 2 unspecified atom stereocenters. The van der Waals surface area contributed by atoms with Gasteiger partial charge in [0.1, 0.15) is 23.2 Å². The second kappa shape index (κ2) is 17.4. The first kappa shape index (κ1) is 40.2. The van der Waals surface area contributed by atoms with E-state index in [0.717, 1.165) is 16.7 Å². The van der Waals surface area contributed by atoms with E-state index in [2.05, 4.69) is 27.0 Å². The minimum absolute atomic E-state index is 0.151. The highest BCUT2D eigenvalue weighted by atomic mass is 16.6. The Morgan fingerprint density at radius 2 is 1.49 bits per heavy atom. The van der Waals surface area contributed by atoms with Crippen LogP contribution in [0, 0.1) is 11.3 Å². The van der Waals surface area contributed by atoms with Crippen LogP contribution >= 0.6 is 0 Å². The molecule has 1 fully saturated rings. The molecule has 0 aliphatic carbocycles. The first-order chi connectivity index (χ1) is 26.2. The van der Waals surface area contributed by atoms with Crippen molar-refractivity contribution in [2.24, 2.45) is 0 Å². The number of piperidine rings is 1. The minimum atomic E-state index is -1.45. The summed E-state index contributed by atoms with van der Waals surface area (Å²) in [6, 6.07) is 28.9. The van der Waals surface area contributed by atoms with Crippen LogP contribution in [0.4, 0.5) is 10.6 Å². The first-order valence-corrected chi connectivity index (χ1v) is 18.3. The molecule has 4 aromatic rings. The topological polar surface area (TPSA) is 168 Å². The Kier molecular flexibility index (Phi) is 12.7. The maximum absolute atomic E-state index is 14.3. The second-order valence-electron chi connectivity index (χ2n) is 15.2. The Bertz CT molecular complexity index is 1960. The number of imidazole rings is 1. The number of hydrogen-bond acceptors (Lipinski definition) is 8. The van der Waals surface area contributed by atoms with E-state index in [4.69, 9.17) is 9.47 Å². The zero-order chi connectivity index (χ0) is 39.6. The first-order valence-electron chi connectivity index (χ1n) is 18.3. The summed E-state index contributed by atoms with van der Waals surface area (Å²) in [4.78, 5) is 60.3. The van der Waals surface area contributed by atoms with Crippen LogP contribution in [0.5, 0.6) is 0 Å². The van der Waals surface area contributed by atoms with E-state index in [0.29, 0.717) is 25.9 Å². The number of nitrogens with zero attached hydrogens (tertiary/aromatic N) is 4. The van der Waals surface area contributed by atoms with Crippen molar-refractivity contribution in [2.75, 3.05) is 25.0 Å². The molecule has 5 rings (SSSR count). The molecule has 13 nitrogen and oxygen atoms in total. The number of anilines is 1. The molecule has 1 aromatic heterocycles. The van der Waals surface area contributed by atoms with Crippen molar-refractivity contribution < 1.29 is 28.7 Å². The highest BCUT2D eigenvalue weighted by Crippen LogP contribution is 2.36. The molecule has 0 radical (unpaired) electrons. The van der Waals surface area contributed by atoms with Crippen LogP contribution in [0.2, 0.25) is 0 Å². The van der Waals surface area contributed by atoms with Crippen LogP contribution in [0.1, 0.15) is 70.2 Å². The van der Waals surface area contributed by atoms with Gasteiger partial charge in [-0.15, -0.1) is 0 Å². The predicted octanol–water partition coefficient (Wildman–Crippen LogP) is 5.50. The maximum atomic E-state index is 14.3. The fraction of sp³-hybridized carbons (Fsp3) is 0.381. The van der Waals surface area contributed by atoms with Crippen molar-refractivity contribution >= 4 is 29.6 Å². The van der Waals surface area contributed by atoms with E-state index in [1.54, 1.807) is 36.4 Å². The summed E-state index contributed by atoms with van der Waals surface area (Å²) < 4.78 is 12.8. The van der Waals surface area contributed by atoms with Gasteiger partial charge in [0.25, 0.3) is 5.91 Å². The van der Waals surface area contributed by atoms with Gasteiger partial charge in [0, 0.05) is 19.3 Å². The number of nitrogens with one attached hydrogen (secondary N) is 3. The molecule has 2 atom stereocenters. The number of carbonyl (C=O) groups is 4. The van der Waals surface area contributed by atoms with Crippen molar-refractivity contribution in [3.63, 3.8) is 0 Å². The number of aromatic nitrogens is 2. The largest absolute Gasteiger partial charge is 0.444 e. The SMILES string of the molecule is CC(C)(C)OC(=O)NC(C)(C)C(=O)NC(COCc1ccccc1)C(=O)Nc1cn(C(C(=O)N2CCC(C#N)(c3ccccc3)CC2)c2ccccc2)cn1. The number of likely N-dealkylation sites (tertiary alicyclic amines) is 1. The van der Waals surface area contributed by atoms with Gasteiger partial charge in [0.05, 0.1) is 31.0 Å². The predicted molar refractivity (Wildman–Crippen MR) is 206 cm³/mol. The maximum Gasteiger partial charge on any atom is 0.408 e. The summed E-state index contributed by atoms with van der Waals surface area (Å²) in [5, 5.41) is 18.2. The number of amides is 4. The molecular weight excluding hydrogens is 699 g/mol. The average molecular weight is 748 g/mol. The standard InChI is InChI=1S/C42H49N7O6/c1-40(2,3)55-39(53)47-41(4,5)38(52)45-33(27-54-26-30-15-9-6-10-16-30)36(50)46-34-25-49(29-44-34)35(31-17-11-7-12-18-31)37(51)48-23-21-42(28-43,22-24-48)32-19-13-8-14-20-32/h6-20,25,29,33,35H,21-24,26-27H2,1-5H3,(H,45,52)(H,46,50)(H,47,53). The highest BCUT2D eigenvalue weighted by molar-refractivity contribution is 5.98. The van der Waals surface area contributed by atoms with Crippen LogP contribution in [0.15, 0.2) is 104 Å². The fourth-order valence-electron chi connectivity index (χ4n) is 6.34. The quantitative estimate of drug-likeness (QED) is 0.161. The molecule has 288 valence electrons. The number of carbonyl (C=O) groups excluding carboxylic acids is 4. The number of ether oxygens (including phenoxy) is 2. The van der Waals surface area contributed by atoms with Crippen LogP contribution in [-0.2, 0) is 35.9 Å². The van der Waals surface area contributed by atoms with Gasteiger partial charge in [-0.05, 0) is 64.2 Å². The Hall–Kier alpha value is -6.00. The summed E-state index contributed by atoms with van der Waals surface area (Å²) in [5.41, 5.74) is -0.360. The van der Waals surface area contributed by atoms with Gasteiger partial charge in [0.15, 0.2) is 5.82 Å². The third-order valence-electron chi connectivity index (χ3n) is 9.37. The zero-order valence-corrected chi connectivity index (χ0v) is 32.0. The molecule has 55 heavy (non-hydrogen) atoms. The average Bonchev–Trinajstić information content (AvgIpc) is 3.62. The normalized spacial score (nSPS) is 15.2. The van der Waals surface area contributed by atoms with Crippen LogP contribution in [0.25, 0.3) is 0 Å². The van der Waals surface area contributed by atoms with Crippen molar-refractivity contribution in [2.45, 2.75) is 82.7 Å². The van der Waals surface area contributed by atoms with Gasteiger partial charge in [-0.1, -0.05) is 91.0 Å². The lowest BCUT2D eigenvalue weighted by molar-refractivity contribution is -0.135. The molecule has 4 amide bonds. The summed E-state index contributed by atoms with van der Waals surface area (Å²) in [5.74, 6) is -1.28. The Morgan fingerprint density at radius 1 is 0.891 bits per heavy atom. The molecular formula is C42H49N7O6. The molecule has 3 N–H and O–H groups in total. The molecule has 3 aromatic carbocycles. The molecule has 0 bridgehead atoms. The van der Waals surface area contributed by atoms with Crippen molar-refractivity contribution in [1.29, 1.82) is 5.26 Å². The Labute approximate surface area is 322 Å². The third-order valence-corrected chi connectivity index (χ3v) is 9.37. The van der Waals surface area contributed by atoms with Gasteiger partial charge in [-0.25, -0.2) is 9.78 Å². The van der Waals surface area contributed by atoms with E-state index in [9.17, 15) is 24.4 Å². The molecule has 1 aliphatic heterocycles. The van der Waals surface area contributed by atoms with Gasteiger partial charge in [-0.3, -0.25) is 14.4 Å². The summed E-state index contributed by atoms with van der Waals surface area (Å²) in [6.07, 6.45) is 3.25. The summed E-state index contributed by atoms with van der Waals surface area (Å²) in [6.45, 7) is 8.92. The molecule has 0 spiro atoms. The van der Waals surface area contributed by atoms with Crippen molar-refractivity contribution in [3.8, 4) is 6.07 Å². The molecule has 1 saturated heterocycles. The number of benzene rings is 3. The van der Waals surface area contributed by atoms with Crippen molar-refractivity contribution in [1.82, 2.24) is 25.1 Å². The Balaban J connectivity index is 1.32. The van der Waals surface area contributed by atoms with Crippen LogP contribution in [0.3, 0.4) is 0 Å². The zero-order valence-electron chi connectivity index (χ0n) is 32.0. The fourth-order valence-corrected chi connectivity index (χ4v) is 6.34. The minimum Gasteiger partial charge on any atom is -0.444 e. The lowest BCUT2D eigenvalue weighted by atomic mass is 9.74. The van der Waals surface area contributed by atoms with E-state index in [1.165, 1.54) is 20.2 Å². The van der Waals surface area contributed by atoms with Gasteiger partial charge >= 0.3 is 6.09 Å². The lowest BCUT2D eigenvalue weighted by Gasteiger charge is -2.39. The van der Waals surface area contributed by atoms with E-state index in [1.807, 2.05) is 91.0 Å². The van der Waals surface area contributed by atoms with Crippen LogP contribution in [-0.4, -0.2) is 75.1 Å². The van der Waals surface area contributed by atoms with Gasteiger partial charge in [-0.2, -0.15) is 5.26 Å².